The van der Waals surface area contributed by atoms with E-state index in [1.165, 1.54) is 0 Å². The second-order valence-electron chi connectivity index (χ2n) is 3.80. The molecule has 102 valence electrons. The number of nitrogens with zero attached hydrogens (tertiary/aromatic N) is 2. The van der Waals surface area contributed by atoms with E-state index >= 15 is 0 Å². The largest absolute Gasteiger partial charge is 0.382 e. The maximum atomic E-state index is 13.1. The van der Waals surface area contributed by atoms with Gasteiger partial charge in [0.05, 0.1) is 11.9 Å². The predicted molar refractivity (Wildman–Crippen MR) is 61.0 cm³/mol. The molecule has 0 saturated carbocycles. The molecular formula is C10H8F3N3O2S. The van der Waals surface area contributed by atoms with Crippen molar-refractivity contribution in [1.29, 1.82) is 0 Å². The minimum atomic E-state index is -3.62. The number of hydrogen-bond donors (Lipinski definition) is 1. The topological polar surface area (TPSA) is 78.0 Å². The second kappa shape index (κ2) is 4.26. The highest BCUT2D eigenvalue weighted by Gasteiger charge is 2.19. The molecule has 1 aromatic heterocycles. The van der Waals surface area contributed by atoms with Crippen LogP contribution in [-0.4, -0.2) is 24.5 Å². The van der Waals surface area contributed by atoms with E-state index in [9.17, 15) is 21.6 Å². The molecule has 1 aromatic carbocycles. The number of hydrogen-bond acceptors (Lipinski definition) is 4. The number of rotatable bonds is 2. The molecule has 5 nitrogen and oxygen atoms in total. The van der Waals surface area contributed by atoms with Crippen molar-refractivity contribution in [2.24, 2.45) is 0 Å². The van der Waals surface area contributed by atoms with Crippen molar-refractivity contribution < 1.29 is 21.6 Å². The lowest BCUT2D eigenvalue weighted by atomic mass is 10.3. The Bertz CT molecular complexity index is 732. The summed E-state index contributed by atoms with van der Waals surface area (Å²) in [6.45, 7) is 0. The van der Waals surface area contributed by atoms with Crippen LogP contribution in [0, 0.1) is 17.5 Å². The first-order valence-electron chi connectivity index (χ1n) is 4.90. The molecule has 0 amide bonds. The zero-order valence-electron chi connectivity index (χ0n) is 9.56. The molecule has 0 saturated heterocycles. The molecular weight excluding hydrogens is 283 g/mol. The molecule has 0 aliphatic rings. The maximum Gasteiger partial charge on any atom is 0.194 e. The van der Waals surface area contributed by atoms with Gasteiger partial charge in [0.1, 0.15) is 10.7 Å². The smallest absolute Gasteiger partial charge is 0.194 e. The van der Waals surface area contributed by atoms with Crippen LogP contribution in [0.25, 0.3) is 5.69 Å². The van der Waals surface area contributed by atoms with Gasteiger partial charge in [0.25, 0.3) is 0 Å². The zero-order valence-corrected chi connectivity index (χ0v) is 10.4. The Balaban J connectivity index is 2.65. The summed E-state index contributed by atoms with van der Waals surface area (Å²) in [6.07, 6.45) is 1.86. The zero-order chi connectivity index (χ0) is 14.4. The fraction of sp³-hybridized carbons (Fsp3) is 0.100. The van der Waals surface area contributed by atoms with Crippen LogP contribution in [0.3, 0.4) is 0 Å². The number of halogens is 3. The third-order valence-electron chi connectivity index (χ3n) is 2.38. The van der Waals surface area contributed by atoms with E-state index in [-0.39, 0.29) is 16.4 Å². The normalized spacial score (nSPS) is 11.8. The van der Waals surface area contributed by atoms with Gasteiger partial charge >= 0.3 is 0 Å². The van der Waals surface area contributed by atoms with Gasteiger partial charge in [0.15, 0.2) is 27.3 Å². The first kappa shape index (κ1) is 13.4. The number of benzene rings is 1. The highest BCUT2D eigenvalue weighted by molar-refractivity contribution is 7.90. The molecule has 1 heterocycles. The van der Waals surface area contributed by atoms with Crippen molar-refractivity contribution in [1.82, 2.24) is 9.78 Å². The minimum Gasteiger partial charge on any atom is -0.382 e. The van der Waals surface area contributed by atoms with Gasteiger partial charge in [-0.3, -0.25) is 0 Å². The van der Waals surface area contributed by atoms with Gasteiger partial charge in [0.2, 0.25) is 0 Å². The molecule has 9 heteroatoms. The highest BCUT2D eigenvalue weighted by atomic mass is 32.2. The third kappa shape index (κ3) is 2.28. The van der Waals surface area contributed by atoms with Crippen LogP contribution in [0.2, 0.25) is 0 Å². The van der Waals surface area contributed by atoms with Gasteiger partial charge in [-0.2, -0.15) is 5.10 Å². The molecule has 19 heavy (non-hydrogen) atoms. The van der Waals surface area contributed by atoms with Crippen molar-refractivity contribution in [2.75, 3.05) is 12.0 Å². The summed E-state index contributed by atoms with van der Waals surface area (Å²) >= 11 is 0. The van der Waals surface area contributed by atoms with Gasteiger partial charge < -0.3 is 5.73 Å². The van der Waals surface area contributed by atoms with Crippen molar-refractivity contribution in [3.63, 3.8) is 0 Å². The molecule has 2 N–H and O–H groups in total. The second-order valence-corrected chi connectivity index (χ2v) is 5.79. The first-order chi connectivity index (χ1) is 8.71. The van der Waals surface area contributed by atoms with Crippen LogP contribution in [0.15, 0.2) is 23.2 Å². The van der Waals surface area contributed by atoms with Crippen molar-refractivity contribution in [3.05, 3.63) is 35.8 Å². The summed E-state index contributed by atoms with van der Waals surface area (Å²) in [5, 5.41) is 3.62. The van der Waals surface area contributed by atoms with E-state index < -0.39 is 27.3 Å². The Labute approximate surface area is 106 Å². The quantitative estimate of drug-likeness (QED) is 0.845. The van der Waals surface area contributed by atoms with E-state index in [0.29, 0.717) is 12.1 Å². The third-order valence-corrected chi connectivity index (χ3v) is 3.50. The fourth-order valence-corrected chi connectivity index (χ4v) is 2.20. The van der Waals surface area contributed by atoms with Crippen molar-refractivity contribution >= 4 is 15.7 Å². The molecule has 0 aliphatic carbocycles. The van der Waals surface area contributed by atoms with Gasteiger partial charge in [0, 0.05) is 18.4 Å². The van der Waals surface area contributed by atoms with E-state index in [1.807, 2.05) is 0 Å². The Morgan fingerprint density at radius 3 is 2.16 bits per heavy atom. The molecule has 0 spiro atoms. The monoisotopic (exact) mass is 291 g/mol. The van der Waals surface area contributed by atoms with Gasteiger partial charge in [-0.25, -0.2) is 26.3 Å². The molecule has 0 fully saturated rings. The summed E-state index contributed by atoms with van der Waals surface area (Å²) in [5.41, 5.74) is 5.32. The average Bonchev–Trinajstić information content (AvgIpc) is 2.67. The molecule has 0 unspecified atom stereocenters. The number of nitrogen functional groups attached to an aromatic ring is 1. The Morgan fingerprint density at radius 2 is 1.74 bits per heavy atom. The van der Waals surface area contributed by atoms with Crippen LogP contribution < -0.4 is 5.73 Å². The van der Waals surface area contributed by atoms with E-state index in [0.717, 1.165) is 17.1 Å². The molecule has 0 bridgehead atoms. The van der Waals surface area contributed by atoms with Crippen LogP contribution >= 0.6 is 0 Å². The van der Waals surface area contributed by atoms with Crippen LogP contribution in [-0.2, 0) is 9.84 Å². The van der Waals surface area contributed by atoms with Crippen LogP contribution in [0.4, 0.5) is 19.0 Å². The van der Waals surface area contributed by atoms with Crippen LogP contribution in [0.5, 0.6) is 0 Å². The first-order valence-corrected chi connectivity index (χ1v) is 6.79. The summed E-state index contributed by atoms with van der Waals surface area (Å²) < 4.78 is 62.5. The SMILES string of the molecule is CS(=O)(=O)c1cnn(-c2cc(F)c(F)c(F)c2)c1N. The predicted octanol–water partition coefficient (Wildman–Crippen LogP) is 1.28. The number of anilines is 1. The summed E-state index contributed by atoms with van der Waals surface area (Å²) in [4.78, 5) is -0.280. The number of nitrogens with two attached hydrogens (primary N) is 1. The molecule has 0 atom stereocenters. The number of aromatic nitrogens is 2. The number of sulfone groups is 1. The van der Waals surface area contributed by atoms with E-state index in [2.05, 4.69) is 5.10 Å². The molecule has 2 aromatic rings. The Morgan fingerprint density at radius 1 is 1.21 bits per heavy atom. The minimum absolute atomic E-state index is 0.219. The summed E-state index contributed by atoms with van der Waals surface area (Å²) in [6, 6.07) is 1.32. The summed E-state index contributed by atoms with van der Waals surface area (Å²) in [7, 11) is -3.62. The lowest BCUT2D eigenvalue weighted by molar-refractivity contribution is 0.446. The molecule has 0 aliphatic heterocycles. The lowest BCUT2D eigenvalue weighted by Crippen LogP contribution is -2.07. The van der Waals surface area contributed by atoms with Gasteiger partial charge in [-0.05, 0) is 0 Å². The summed E-state index contributed by atoms with van der Waals surface area (Å²) in [5.74, 6) is -4.79. The van der Waals surface area contributed by atoms with Gasteiger partial charge in [-0.1, -0.05) is 0 Å². The standard InChI is InChI=1S/C10H8F3N3O2S/c1-19(17,18)8-4-15-16(10(8)14)5-2-6(11)9(13)7(12)3-5/h2-4H,14H2,1H3. The van der Waals surface area contributed by atoms with Crippen LogP contribution in [0.1, 0.15) is 0 Å². The molecule has 2 rings (SSSR count). The van der Waals surface area contributed by atoms with E-state index in [1.54, 1.807) is 0 Å². The maximum absolute atomic E-state index is 13.1. The van der Waals surface area contributed by atoms with Crippen molar-refractivity contribution in [3.8, 4) is 5.69 Å². The average molecular weight is 291 g/mol. The molecule has 0 radical (unpaired) electrons. The van der Waals surface area contributed by atoms with Gasteiger partial charge in [-0.15, -0.1) is 0 Å². The Hall–Kier alpha value is -2.03. The van der Waals surface area contributed by atoms with Crippen molar-refractivity contribution in [2.45, 2.75) is 4.90 Å². The highest BCUT2D eigenvalue weighted by Crippen LogP contribution is 2.23. The lowest BCUT2D eigenvalue weighted by Gasteiger charge is -2.06. The fourth-order valence-electron chi connectivity index (χ4n) is 1.50. The van der Waals surface area contributed by atoms with E-state index in [4.69, 9.17) is 5.73 Å². The Kier molecular flexibility index (Phi) is 3.01.